The highest BCUT2D eigenvalue weighted by Gasteiger charge is 2.43. The fourth-order valence-electron chi connectivity index (χ4n) is 2.76. The largest absolute Gasteiger partial charge is 0.481 e. The van der Waals surface area contributed by atoms with E-state index in [1.165, 1.54) is 6.92 Å². The summed E-state index contributed by atoms with van der Waals surface area (Å²) >= 11 is 0. The number of carbonyl (C=O) groups excluding carboxylic acids is 2. The van der Waals surface area contributed by atoms with Gasteiger partial charge in [0.2, 0.25) is 0 Å². The number of esters is 1. The van der Waals surface area contributed by atoms with Crippen LogP contribution in [-0.4, -0.2) is 40.0 Å². The molecule has 0 spiro atoms. The van der Waals surface area contributed by atoms with Crippen molar-refractivity contribution in [1.82, 2.24) is 0 Å². The van der Waals surface area contributed by atoms with Gasteiger partial charge in [-0.05, 0) is 19.3 Å². The lowest BCUT2D eigenvalue weighted by atomic mass is 9.72. The predicted octanol–water partition coefficient (Wildman–Crippen LogP) is 1.10. The average Bonchev–Trinajstić information content (AvgIpc) is 2.36. The number of rotatable bonds is 6. The van der Waals surface area contributed by atoms with E-state index in [2.05, 4.69) is 0 Å². The van der Waals surface area contributed by atoms with Crippen molar-refractivity contribution in [3.8, 4) is 0 Å². The van der Waals surface area contributed by atoms with E-state index in [4.69, 9.17) is 9.84 Å². The van der Waals surface area contributed by atoms with Gasteiger partial charge in [0.15, 0.2) is 11.9 Å². The molecule has 4 atom stereocenters. The molecule has 0 aromatic rings. The molecule has 0 amide bonds. The Labute approximate surface area is 122 Å². The van der Waals surface area contributed by atoms with E-state index < -0.39 is 41.6 Å². The highest BCUT2D eigenvalue weighted by atomic mass is 16.5. The number of carboxylic acids is 2. The third-order valence-electron chi connectivity index (χ3n) is 3.86. The Balaban J connectivity index is 2.87. The van der Waals surface area contributed by atoms with Gasteiger partial charge in [0.25, 0.3) is 0 Å². The van der Waals surface area contributed by atoms with Gasteiger partial charge >= 0.3 is 17.9 Å². The van der Waals surface area contributed by atoms with Crippen LogP contribution in [0, 0.1) is 17.8 Å². The molecule has 0 aromatic carbocycles. The highest BCUT2D eigenvalue weighted by Crippen LogP contribution is 2.34. The number of aliphatic carboxylic acids is 2. The summed E-state index contributed by atoms with van der Waals surface area (Å²) in [5, 5.41) is 17.9. The van der Waals surface area contributed by atoms with Crippen LogP contribution in [0.5, 0.6) is 0 Å². The Morgan fingerprint density at radius 3 is 2.38 bits per heavy atom. The summed E-state index contributed by atoms with van der Waals surface area (Å²) in [5.41, 5.74) is 0. The van der Waals surface area contributed by atoms with Crippen LogP contribution in [0.3, 0.4) is 0 Å². The average molecular weight is 300 g/mol. The molecule has 0 heterocycles. The molecule has 1 saturated carbocycles. The maximum atomic E-state index is 12.4. The van der Waals surface area contributed by atoms with Crippen molar-refractivity contribution in [2.24, 2.45) is 17.8 Å². The summed E-state index contributed by atoms with van der Waals surface area (Å²) in [4.78, 5) is 45.4. The molecule has 1 aliphatic carbocycles. The first kappa shape index (κ1) is 17.1. The quantitative estimate of drug-likeness (QED) is 0.705. The fraction of sp³-hybridized carbons (Fsp3) is 0.714. The maximum Gasteiger partial charge on any atom is 0.307 e. The molecule has 0 radical (unpaired) electrons. The van der Waals surface area contributed by atoms with Crippen LogP contribution < -0.4 is 0 Å². The zero-order valence-electron chi connectivity index (χ0n) is 12.1. The van der Waals surface area contributed by atoms with Gasteiger partial charge in [0.05, 0.1) is 5.92 Å². The van der Waals surface area contributed by atoms with Crippen LogP contribution in [0.4, 0.5) is 0 Å². The van der Waals surface area contributed by atoms with Crippen LogP contribution in [0.25, 0.3) is 0 Å². The number of hydrogen-bond acceptors (Lipinski definition) is 5. The summed E-state index contributed by atoms with van der Waals surface area (Å²) in [5.74, 6) is -5.31. The SMILES string of the molecule is CC(=O)OC1C(=O)C(C(CCC(=O)O)C(=O)O)CCC1C. The second kappa shape index (κ2) is 7.19. The first-order valence-corrected chi connectivity index (χ1v) is 6.89. The summed E-state index contributed by atoms with van der Waals surface area (Å²) in [6, 6.07) is 0. The van der Waals surface area contributed by atoms with Crippen molar-refractivity contribution < 1.29 is 34.1 Å². The second-order valence-corrected chi connectivity index (χ2v) is 5.47. The third kappa shape index (κ3) is 4.54. The Kier molecular flexibility index (Phi) is 5.87. The van der Waals surface area contributed by atoms with Gasteiger partial charge in [-0.1, -0.05) is 6.92 Å². The van der Waals surface area contributed by atoms with Gasteiger partial charge < -0.3 is 14.9 Å². The Bertz CT molecular complexity index is 443. The fourth-order valence-corrected chi connectivity index (χ4v) is 2.76. The minimum Gasteiger partial charge on any atom is -0.481 e. The standard InChI is InChI=1S/C14H20O7/c1-7-3-4-9(12(18)13(7)21-8(2)15)10(14(19)20)5-6-11(16)17/h7,9-10,13H,3-6H2,1-2H3,(H,16,17)(H,19,20). The number of ether oxygens (including phenoxy) is 1. The van der Waals surface area contributed by atoms with Crippen molar-refractivity contribution >= 4 is 23.7 Å². The molecule has 0 saturated heterocycles. The topological polar surface area (TPSA) is 118 Å². The van der Waals surface area contributed by atoms with E-state index in [0.717, 1.165) is 0 Å². The van der Waals surface area contributed by atoms with Crippen LogP contribution >= 0.6 is 0 Å². The van der Waals surface area contributed by atoms with Gasteiger partial charge in [0, 0.05) is 25.2 Å². The van der Waals surface area contributed by atoms with Crippen molar-refractivity contribution in [3.63, 3.8) is 0 Å². The number of hydrogen-bond donors (Lipinski definition) is 2. The smallest absolute Gasteiger partial charge is 0.307 e. The Morgan fingerprint density at radius 1 is 1.29 bits per heavy atom. The minimum atomic E-state index is -1.19. The van der Waals surface area contributed by atoms with E-state index in [1.54, 1.807) is 6.92 Å². The summed E-state index contributed by atoms with van der Waals surface area (Å²) in [6.45, 7) is 2.97. The third-order valence-corrected chi connectivity index (χ3v) is 3.86. The molecule has 1 fully saturated rings. The number of carboxylic acid groups (broad SMARTS) is 2. The molecular weight excluding hydrogens is 280 g/mol. The molecule has 0 aromatic heterocycles. The molecule has 7 nitrogen and oxygen atoms in total. The molecule has 1 aliphatic rings. The zero-order chi connectivity index (χ0) is 16.2. The molecule has 4 unspecified atom stereocenters. The number of Topliss-reactive ketones (excluding diaryl/α,β-unsaturated/α-hetero) is 1. The second-order valence-electron chi connectivity index (χ2n) is 5.47. The van der Waals surface area contributed by atoms with Gasteiger partial charge in [0.1, 0.15) is 0 Å². The molecule has 1 rings (SSSR count). The minimum absolute atomic E-state index is 0.109. The lowest BCUT2D eigenvalue weighted by Gasteiger charge is -2.34. The Hall–Kier alpha value is -1.92. The van der Waals surface area contributed by atoms with Crippen molar-refractivity contribution in [1.29, 1.82) is 0 Å². The monoisotopic (exact) mass is 300 g/mol. The van der Waals surface area contributed by atoms with E-state index in [0.29, 0.717) is 12.8 Å². The summed E-state index contributed by atoms with van der Waals surface area (Å²) < 4.78 is 5.00. The van der Waals surface area contributed by atoms with E-state index >= 15 is 0 Å². The summed E-state index contributed by atoms with van der Waals surface area (Å²) in [7, 11) is 0. The molecule has 118 valence electrons. The van der Waals surface area contributed by atoms with E-state index in [1.807, 2.05) is 0 Å². The maximum absolute atomic E-state index is 12.4. The van der Waals surface area contributed by atoms with Gasteiger partial charge in [-0.15, -0.1) is 0 Å². The lowest BCUT2D eigenvalue weighted by molar-refractivity contribution is -0.163. The van der Waals surface area contributed by atoms with Crippen LogP contribution in [0.1, 0.15) is 39.5 Å². The first-order chi connectivity index (χ1) is 9.73. The zero-order valence-corrected chi connectivity index (χ0v) is 12.1. The van der Waals surface area contributed by atoms with Gasteiger partial charge in [-0.3, -0.25) is 19.2 Å². The lowest BCUT2D eigenvalue weighted by Crippen LogP contribution is -2.45. The van der Waals surface area contributed by atoms with Crippen LogP contribution in [0.2, 0.25) is 0 Å². The van der Waals surface area contributed by atoms with Crippen molar-refractivity contribution in [2.45, 2.75) is 45.6 Å². The van der Waals surface area contributed by atoms with E-state index in [-0.39, 0.29) is 18.8 Å². The number of carbonyl (C=O) groups is 4. The molecule has 7 heteroatoms. The molecule has 0 bridgehead atoms. The van der Waals surface area contributed by atoms with Gasteiger partial charge in [-0.2, -0.15) is 0 Å². The molecule has 21 heavy (non-hydrogen) atoms. The summed E-state index contributed by atoms with van der Waals surface area (Å²) in [6.07, 6.45) is -0.427. The molecule has 2 N–H and O–H groups in total. The van der Waals surface area contributed by atoms with Gasteiger partial charge in [-0.25, -0.2) is 0 Å². The molecule has 0 aliphatic heterocycles. The van der Waals surface area contributed by atoms with E-state index in [9.17, 15) is 24.3 Å². The van der Waals surface area contributed by atoms with Crippen molar-refractivity contribution in [2.75, 3.05) is 0 Å². The highest BCUT2D eigenvalue weighted by molar-refractivity contribution is 5.91. The van der Waals surface area contributed by atoms with Crippen molar-refractivity contribution in [3.05, 3.63) is 0 Å². The normalized spacial score (nSPS) is 27.0. The van der Waals surface area contributed by atoms with Crippen LogP contribution in [-0.2, 0) is 23.9 Å². The van der Waals surface area contributed by atoms with Crippen LogP contribution in [0.15, 0.2) is 0 Å². The predicted molar refractivity (Wildman–Crippen MR) is 70.4 cm³/mol. The number of ketones is 1. The molecular formula is C14H20O7. The Morgan fingerprint density at radius 2 is 1.90 bits per heavy atom. The first-order valence-electron chi connectivity index (χ1n) is 6.89.